The molecule has 146 valence electrons. The molecule has 0 atom stereocenters. The Bertz CT molecular complexity index is 861. The van der Waals surface area contributed by atoms with Gasteiger partial charge in [0.15, 0.2) is 0 Å². The lowest BCUT2D eigenvalue weighted by atomic mass is 10.1. The molecule has 1 aromatic carbocycles. The highest BCUT2D eigenvalue weighted by Gasteiger charge is 2.25. The molecule has 2 N–H and O–H groups in total. The third kappa shape index (κ3) is 5.79. The van der Waals surface area contributed by atoms with Gasteiger partial charge in [0, 0.05) is 29.7 Å². The van der Waals surface area contributed by atoms with Crippen molar-refractivity contribution in [3.8, 4) is 0 Å². The van der Waals surface area contributed by atoms with Crippen LogP contribution in [0.15, 0.2) is 50.9 Å². The van der Waals surface area contributed by atoms with Crippen molar-refractivity contribution in [2.45, 2.75) is 28.0 Å². The van der Waals surface area contributed by atoms with Gasteiger partial charge in [-0.05, 0) is 48.7 Å². The van der Waals surface area contributed by atoms with Crippen LogP contribution in [0.3, 0.4) is 0 Å². The number of sulfonamides is 1. The zero-order valence-corrected chi connectivity index (χ0v) is 17.5. The van der Waals surface area contributed by atoms with Crippen LogP contribution < -0.4 is 10.0 Å². The molecule has 27 heavy (non-hydrogen) atoms. The molecule has 1 aliphatic rings. The third-order valence-electron chi connectivity index (χ3n) is 4.39. The van der Waals surface area contributed by atoms with Gasteiger partial charge in [-0.2, -0.15) is 0 Å². The molecule has 0 bridgehead atoms. The van der Waals surface area contributed by atoms with E-state index in [2.05, 4.69) is 14.9 Å². The number of likely N-dealkylation sites (tertiary alicyclic amines) is 1. The summed E-state index contributed by atoms with van der Waals surface area (Å²) in [5.74, 6) is -0.0501. The second-order valence-corrected chi connectivity index (χ2v) is 10.2. The molecule has 1 fully saturated rings. The van der Waals surface area contributed by atoms with E-state index < -0.39 is 10.0 Å². The summed E-state index contributed by atoms with van der Waals surface area (Å²) >= 11 is 2.85. The Morgan fingerprint density at radius 1 is 1.26 bits per heavy atom. The van der Waals surface area contributed by atoms with Crippen molar-refractivity contribution in [3.05, 3.63) is 41.8 Å². The average Bonchev–Trinajstić information content (AvgIpc) is 3.19. The van der Waals surface area contributed by atoms with Crippen molar-refractivity contribution in [2.24, 2.45) is 0 Å². The van der Waals surface area contributed by atoms with E-state index in [1.165, 1.54) is 11.3 Å². The highest BCUT2D eigenvalue weighted by molar-refractivity contribution is 7.98. The molecule has 1 aromatic heterocycles. The van der Waals surface area contributed by atoms with Gasteiger partial charge in [-0.3, -0.25) is 9.69 Å². The highest BCUT2D eigenvalue weighted by atomic mass is 32.2. The van der Waals surface area contributed by atoms with Crippen molar-refractivity contribution in [2.75, 3.05) is 31.2 Å². The van der Waals surface area contributed by atoms with Crippen molar-refractivity contribution < 1.29 is 13.2 Å². The van der Waals surface area contributed by atoms with Crippen LogP contribution in [-0.4, -0.2) is 51.2 Å². The first kappa shape index (κ1) is 20.3. The smallest absolute Gasteiger partial charge is 0.250 e. The molecule has 1 aliphatic heterocycles. The minimum absolute atomic E-state index is 0.0501. The number of carbonyl (C=O) groups is 1. The van der Waals surface area contributed by atoms with E-state index in [-0.39, 0.29) is 11.9 Å². The fourth-order valence-electron chi connectivity index (χ4n) is 3.01. The van der Waals surface area contributed by atoms with Crippen molar-refractivity contribution in [3.63, 3.8) is 0 Å². The van der Waals surface area contributed by atoms with Crippen LogP contribution in [0.2, 0.25) is 0 Å². The minimum atomic E-state index is -3.44. The molecule has 3 rings (SSSR count). The summed E-state index contributed by atoms with van der Waals surface area (Å²) in [5.41, 5.74) is 0.797. The monoisotopic (exact) mass is 425 g/mol. The van der Waals surface area contributed by atoms with Crippen molar-refractivity contribution in [1.82, 2.24) is 9.62 Å². The number of piperidine rings is 1. The molecule has 2 heterocycles. The lowest BCUT2D eigenvalue weighted by Gasteiger charge is -2.31. The van der Waals surface area contributed by atoms with Gasteiger partial charge in [0.1, 0.15) is 4.21 Å². The standard InChI is InChI=1S/C18H23N3O3S3/c1-25-16-5-2-4-15(12-16)19-17(22)13-21-9-7-14(8-10-21)20-27(23,24)18-6-3-11-26-18/h2-6,11-12,14,20H,7-10,13H2,1H3,(H,19,22). The molecule has 0 aliphatic carbocycles. The van der Waals surface area contributed by atoms with Gasteiger partial charge in [0.05, 0.1) is 6.54 Å². The Kier molecular flexibility index (Phi) is 6.93. The first-order chi connectivity index (χ1) is 13.0. The largest absolute Gasteiger partial charge is 0.325 e. The van der Waals surface area contributed by atoms with Gasteiger partial charge in [-0.1, -0.05) is 12.1 Å². The minimum Gasteiger partial charge on any atom is -0.325 e. The van der Waals surface area contributed by atoms with Gasteiger partial charge >= 0.3 is 0 Å². The molecule has 0 spiro atoms. The van der Waals surface area contributed by atoms with Crippen molar-refractivity contribution >= 4 is 44.7 Å². The molecule has 9 heteroatoms. The number of benzene rings is 1. The van der Waals surface area contributed by atoms with Gasteiger partial charge in [0.25, 0.3) is 0 Å². The molecular weight excluding hydrogens is 402 g/mol. The summed E-state index contributed by atoms with van der Waals surface area (Å²) in [4.78, 5) is 15.4. The molecule has 0 radical (unpaired) electrons. The van der Waals surface area contributed by atoms with Gasteiger partial charge < -0.3 is 5.32 Å². The van der Waals surface area contributed by atoms with Crippen LogP contribution in [0.25, 0.3) is 0 Å². The van der Waals surface area contributed by atoms with E-state index >= 15 is 0 Å². The van der Waals surface area contributed by atoms with Gasteiger partial charge in [-0.15, -0.1) is 23.1 Å². The normalized spacial score (nSPS) is 16.3. The number of hydrogen-bond donors (Lipinski definition) is 2. The predicted octanol–water partition coefficient (Wildman–Crippen LogP) is 2.85. The summed E-state index contributed by atoms with van der Waals surface area (Å²) in [6, 6.07) is 11.0. The summed E-state index contributed by atoms with van der Waals surface area (Å²) in [6.07, 6.45) is 3.39. The first-order valence-electron chi connectivity index (χ1n) is 8.68. The predicted molar refractivity (Wildman–Crippen MR) is 111 cm³/mol. The van der Waals surface area contributed by atoms with Crippen LogP contribution in [-0.2, 0) is 14.8 Å². The van der Waals surface area contributed by atoms with Crippen LogP contribution in [0.5, 0.6) is 0 Å². The summed E-state index contributed by atoms with van der Waals surface area (Å²) in [6.45, 7) is 1.69. The number of amides is 1. The van der Waals surface area contributed by atoms with Crippen LogP contribution in [0, 0.1) is 0 Å². The molecule has 1 saturated heterocycles. The number of anilines is 1. The number of nitrogens with one attached hydrogen (secondary N) is 2. The molecule has 0 unspecified atom stereocenters. The fourth-order valence-corrected chi connectivity index (χ4v) is 5.78. The number of nitrogens with zero attached hydrogens (tertiary/aromatic N) is 1. The SMILES string of the molecule is CSc1cccc(NC(=O)CN2CCC(NS(=O)(=O)c3cccs3)CC2)c1. The van der Waals surface area contributed by atoms with Crippen molar-refractivity contribution in [1.29, 1.82) is 0 Å². The number of carbonyl (C=O) groups excluding carboxylic acids is 1. The zero-order chi connectivity index (χ0) is 19.3. The Hall–Kier alpha value is -1.39. The Morgan fingerprint density at radius 3 is 2.70 bits per heavy atom. The number of hydrogen-bond acceptors (Lipinski definition) is 6. The summed E-state index contributed by atoms with van der Waals surface area (Å²) in [5, 5.41) is 4.68. The number of thioether (sulfide) groups is 1. The molecule has 6 nitrogen and oxygen atoms in total. The Balaban J connectivity index is 1.46. The van der Waals surface area contributed by atoms with Crippen LogP contribution >= 0.6 is 23.1 Å². The number of rotatable bonds is 7. The maximum atomic E-state index is 12.3. The lowest BCUT2D eigenvalue weighted by Crippen LogP contribution is -2.46. The van der Waals surface area contributed by atoms with E-state index in [1.54, 1.807) is 29.3 Å². The highest BCUT2D eigenvalue weighted by Crippen LogP contribution is 2.20. The maximum absolute atomic E-state index is 12.3. The molecule has 0 saturated carbocycles. The molecule has 2 aromatic rings. The zero-order valence-electron chi connectivity index (χ0n) is 15.1. The topological polar surface area (TPSA) is 78.5 Å². The van der Waals surface area contributed by atoms with E-state index in [0.29, 0.717) is 36.7 Å². The fraction of sp³-hybridized carbons (Fsp3) is 0.389. The van der Waals surface area contributed by atoms with E-state index in [9.17, 15) is 13.2 Å². The second-order valence-electron chi connectivity index (χ2n) is 6.38. The van der Waals surface area contributed by atoms with Gasteiger partial charge in [-0.25, -0.2) is 13.1 Å². The molecule has 1 amide bonds. The van der Waals surface area contributed by atoms with Gasteiger partial charge in [0.2, 0.25) is 15.9 Å². The Labute approximate surface area is 168 Å². The molecular formula is C18H23N3O3S3. The summed E-state index contributed by atoms with van der Waals surface area (Å²) in [7, 11) is -3.44. The quantitative estimate of drug-likeness (QED) is 0.667. The van der Waals surface area contributed by atoms with E-state index in [0.717, 1.165) is 10.6 Å². The lowest BCUT2D eigenvalue weighted by molar-refractivity contribution is -0.117. The Morgan fingerprint density at radius 2 is 2.04 bits per heavy atom. The van der Waals surface area contributed by atoms with Crippen LogP contribution in [0.1, 0.15) is 12.8 Å². The first-order valence-corrected chi connectivity index (χ1v) is 12.3. The second kappa shape index (κ2) is 9.20. The third-order valence-corrected chi connectivity index (χ3v) is 8.03. The summed E-state index contributed by atoms with van der Waals surface area (Å²) < 4.78 is 27.7. The van der Waals surface area contributed by atoms with Crippen LogP contribution in [0.4, 0.5) is 5.69 Å². The van der Waals surface area contributed by atoms with E-state index in [1.807, 2.05) is 30.5 Å². The average molecular weight is 426 g/mol. The maximum Gasteiger partial charge on any atom is 0.250 e. The van der Waals surface area contributed by atoms with E-state index in [4.69, 9.17) is 0 Å². The number of thiophene rings is 1.